The Morgan fingerprint density at radius 1 is 1.16 bits per heavy atom. The number of benzene rings is 2. The predicted molar refractivity (Wildman–Crippen MR) is 121 cm³/mol. The number of fused-ring (bicyclic) bond motifs is 3. The van der Waals surface area contributed by atoms with E-state index in [1.54, 1.807) is 32.2 Å². The van der Waals surface area contributed by atoms with Crippen LogP contribution in [0.1, 0.15) is 35.0 Å². The summed E-state index contributed by atoms with van der Waals surface area (Å²) < 4.78 is 33.5. The lowest BCUT2D eigenvalue weighted by atomic mass is 9.86. The number of aromatic amines is 1. The average Bonchev–Trinajstić information content (AvgIpc) is 3.16. The first-order chi connectivity index (χ1) is 15.3. The Morgan fingerprint density at radius 2 is 1.91 bits per heavy atom. The van der Waals surface area contributed by atoms with Crippen molar-refractivity contribution in [2.24, 2.45) is 5.92 Å². The molecule has 1 amide bonds. The van der Waals surface area contributed by atoms with Crippen molar-refractivity contribution in [2.45, 2.75) is 31.1 Å². The van der Waals surface area contributed by atoms with Gasteiger partial charge in [0.25, 0.3) is 10.0 Å². The first-order valence-corrected chi connectivity index (χ1v) is 12.0. The van der Waals surface area contributed by atoms with E-state index in [1.807, 2.05) is 0 Å². The zero-order valence-electron chi connectivity index (χ0n) is 17.9. The summed E-state index contributed by atoms with van der Waals surface area (Å²) in [6.45, 7) is 1.99. The highest BCUT2D eigenvalue weighted by Gasteiger charge is 2.27. The van der Waals surface area contributed by atoms with Gasteiger partial charge >= 0.3 is 5.97 Å². The molecule has 168 valence electrons. The number of carbonyl (C=O) groups excluding carboxylic acids is 2. The molecule has 4 rings (SSSR count). The van der Waals surface area contributed by atoms with Crippen LogP contribution in [-0.2, 0) is 32.4 Å². The van der Waals surface area contributed by atoms with E-state index in [9.17, 15) is 18.0 Å². The highest BCUT2D eigenvalue weighted by atomic mass is 32.2. The molecule has 1 aliphatic carbocycles. The van der Waals surface area contributed by atoms with Gasteiger partial charge in [-0.3, -0.25) is 9.52 Å². The van der Waals surface area contributed by atoms with Crippen molar-refractivity contribution in [3.05, 3.63) is 59.3 Å². The predicted octanol–water partition coefficient (Wildman–Crippen LogP) is 3.00. The zero-order valence-corrected chi connectivity index (χ0v) is 18.7. The summed E-state index contributed by atoms with van der Waals surface area (Å²) >= 11 is 0. The van der Waals surface area contributed by atoms with E-state index in [4.69, 9.17) is 4.74 Å². The Morgan fingerprint density at radius 3 is 2.59 bits per heavy atom. The fraction of sp³-hybridized carbons (Fsp3) is 0.304. The number of aromatic nitrogens is 1. The Labute approximate surface area is 186 Å². The van der Waals surface area contributed by atoms with E-state index >= 15 is 0 Å². The van der Waals surface area contributed by atoms with Gasteiger partial charge in [-0.15, -0.1) is 0 Å². The van der Waals surface area contributed by atoms with Gasteiger partial charge in [-0.25, -0.2) is 13.2 Å². The Balaban J connectivity index is 1.60. The molecule has 8 nitrogen and oxygen atoms in total. The van der Waals surface area contributed by atoms with Gasteiger partial charge in [0.05, 0.1) is 17.1 Å². The van der Waals surface area contributed by atoms with Gasteiger partial charge in [-0.05, 0) is 74.2 Å². The van der Waals surface area contributed by atoms with E-state index < -0.39 is 16.0 Å². The summed E-state index contributed by atoms with van der Waals surface area (Å²) in [4.78, 5) is 27.4. The maximum atomic E-state index is 13.0. The number of rotatable bonds is 6. The minimum Gasteiger partial charge on any atom is -0.462 e. The SMILES string of the molecule is CCOC(=O)c1ccc(NS(=O)(=O)c2ccc3[nH]c4c(c3c2)CC(C(=O)NC)CC4)cc1. The Kier molecular flexibility index (Phi) is 5.92. The molecule has 0 saturated carbocycles. The Hall–Kier alpha value is -3.33. The molecule has 3 aromatic rings. The molecule has 1 atom stereocenters. The number of amides is 1. The molecule has 1 heterocycles. The van der Waals surface area contributed by atoms with Gasteiger partial charge in [-0.2, -0.15) is 0 Å². The number of nitrogens with one attached hydrogen (secondary N) is 3. The van der Waals surface area contributed by atoms with Crippen LogP contribution in [0.4, 0.5) is 5.69 Å². The van der Waals surface area contributed by atoms with Crippen LogP contribution >= 0.6 is 0 Å². The van der Waals surface area contributed by atoms with Gasteiger partial charge in [-0.1, -0.05) is 0 Å². The van der Waals surface area contributed by atoms with Crippen LogP contribution in [0.2, 0.25) is 0 Å². The summed E-state index contributed by atoms with van der Waals surface area (Å²) in [5, 5.41) is 3.52. The van der Waals surface area contributed by atoms with Crippen molar-refractivity contribution in [1.29, 1.82) is 0 Å². The number of aryl methyl sites for hydroxylation is 1. The highest BCUT2D eigenvalue weighted by Crippen LogP contribution is 2.33. The lowest BCUT2D eigenvalue weighted by Gasteiger charge is -2.21. The summed E-state index contributed by atoms with van der Waals surface area (Å²) in [5.41, 5.74) is 3.59. The summed E-state index contributed by atoms with van der Waals surface area (Å²) in [7, 11) is -2.22. The number of sulfonamides is 1. The van der Waals surface area contributed by atoms with Gasteiger partial charge in [0.2, 0.25) is 5.91 Å². The monoisotopic (exact) mass is 455 g/mol. The molecule has 0 fully saturated rings. The van der Waals surface area contributed by atoms with Crippen LogP contribution in [0.3, 0.4) is 0 Å². The topological polar surface area (TPSA) is 117 Å². The number of H-pyrrole nitrogens is 1. The molecule has 0 radical (unpaired) electrons. The van der Waals surface area contributed by atoms with Crippen molar-refractivity contribution in [1.82, 2.24) is 10.3 Å². The summed E-state index contributed by atoms with van der Waals surface area (Å²) in [6.07, 6.45) is 2.07. The molecular weight excluding hydrogens is 430 g/mol. The lowest BCUT2D eigenvalue weighted by Crippen LogP contribution is -2.31. The van der Waals surface area contributed by atoms with Crippen LogP contribution in [0.15, 0.2) is 47.4 Å². The minimum atomic E-state index is -3.85. The molecule has 1 unspecified atom stereocenters. The molecule has 32 heavy (non-hydrogen) atoms. The smallest absolute Gasteiger partial charge is 0.338 e. The molecule has 0 bridgehead atoms. The highest BCUT2D eigenvalue weighted by molar-refractivity contribution is 7.92. The first kappa shape index (κ1) is 21.9. The fourth-order valence-corrected chi connectivity index (χ4v) is 5.18. The standard InChI is InChI=1S/C23H25N3O5S/c1-3-31-23(28)14-4-7-16(8-5-14)26-32(29,30)17-9-11-21-19(13-17)18-12-15(22(27)24-2)6-10-20(18)25-21/h4-5,7-9,11,13,15,25-26H,3,6,10,12H2,1-2H3,(H,24,27). The quantitative estimate of drug-likeness (QED) is 0.494. The number of esters is 1. The van der Waals surface area contributed by atoms with Crippen LogP contribution in [0.5, 0.6) is 0 Å². The van der Waals surface area contributed by atoms with E-state index in [2.05, 4.69) is 15.0 Å². The third kappa shape index (κ3) is 4.20. The minimum absolute atomic E-state index is 0.00158. The van der Waals surface area contributed by atoms with Gasteiger partial charge in [0, 0.05) is 35.2 Å². The number of carbonyl (C=O) groups is 2. The number of anilines is 1. The average molecular weight is 456 g/mol. The zero-order chi connectivity index (χ0) is 22.9. The van der Waals surface area contributed by atoms with E-state index in [1.165, 1.54) is 24.3 Å². The third-order valence-electron chi connectivity index (χ3n) is 5.74. The van der Waals surface area contributed by atoms with E-state index in [0.717, 1.165) is 35.0 Å². The van der Waals surface area contributed by atoms with Gasteiger partial charge in [0.1, 0.15) is 0 Å². The van der Waals surface area contributed by atoms with Crippen molar-refractivity contribution in [3.8, 4) is 0 Å². The molecular formula is C23H25N3O5S. The molecule has 0 aliphatic heterocycles. The Bertz CT molecular complexity index is 1280. The molecule has 2 aromatic carbocycles. The van der Waals surface area contributed by atoms with E-state index in [-0.39, 0.29) is 23.3 Å². The maximum Gasteiger partial charge on any atom is 0.338 e. The number of hydrogen-bond donors (Lipinski definition) is 3. The third-order valence-corrected chi connectivity index (χ3v) is 7.11. The molecule has 9 heteroatoms. The van der Waals surface area contributed by atoms with Crippen LogP contribution < -0.4 is 10.0 Å². The maximum absolute atomic E-state index is 13.0. The first-order valence-electron chi connectivity index (χ1n) is 10.5. The van der Waals surface area contributed by atoms with Crippen molar-refractivity contribution in [2.75, 3.05) is 18.4 Å². The normalized spacial score (nSPS) is 15.8. The molecule has 0 spiro atoms. The summed E-state index contributed by atoms with van der Waals surface area (Å²) in [5.74, 6) is -0.579. The second-order valence-electron chi connectivity index (χ2n) is 7.75. The second-order valence-corrected chi connectivity index (χ2v) is 9.43. The molecule has 3 N–H and O–H groups in total. The van der Waals surface area contributed by atoms with Crippen molar-refractivity contribution in [3.63, 3.8) is 0 Å². The molecule has 0 saturated heterocycles. The number of ether oxygens (including phenoxy) is 1. The molecule has 1 aromatic heterocycles. The molecule has 1 aliphatic rings. The van der Waals surface area contributed by atoms with Gasteiger partial charge < -0.3 is 15.0 Å². The van der Waals surface area contributed by atoms with Crippen molar-refractivity contribution >= 4 is 38.5 Å². The second kappa shape index (κ2) is 8.66. The van der Waals surface area contributed by atoms with Gasteiger partial charge in [0.15, 0.2) is 0 Å². The van der Waals surface area contributed by atoms with Crippen LogP contribution in [0.25, 0.3) is 10.9 Å². The summed E-state index contributed by atoms with van der Waals surface area (Å²) in [6, 6.07) is 11.0. The van der Waals surface area contributed by atoms with Crippen LogP contribution in [0, 0.1) is 5.92 Å². The lowest BCUT2D eigenvalue weighted by molar-refractivity contribution is -0.124. The fourth-order valence-electron chi connectivity index (χ4n) is 4.09. The van der Waals surface area contributed by atoms with Crippen molar-refractivity contribution < 1.29 is 22.7 Å². The van der Waals surface area contributed by atoms with Crippen LogP contribution in [-0.4, -0.2) is 38.9 Å². The van der Waals surface area contributed by atoms with E-state index in [0.29, 0.717) is 17.7 Å². The largest absolute Gasteiger partial charge is 0.462 e. The number of hydrogen-bond acceptors (Lipinski definition) is 5.